The van der Waals surface area contributed by atoms with Crippen LogP contribution in [0.1, 0.15) is 43.2 Å². The van der Waals surface area contributed by atoms with Crippen molar-refractivity contribution in [2.75, 3.05) is 27.2 Å². The molecule has 2 fully saturated rings. The second-order valence-electron chi connectivity index (χ2n) is 8.02. The molecule has 1 N–H and O–H groups in total. The third-order valence-electron chi connectivity index (χ3n) is 5.80. The Hall–Kier alpha value is -1.65. The maximum absolute atomic E-state index is 11.1. The van der Waals surface area contributed by atoms with E-state index in [4.69, 9.17) is 0 Å². The summed E-state index contributed by atoms with van der Waals surface area (Å²) in [4.78, 5) is 13.5. The Kier molecular flexibility index (Phi) is 6.86. The number of benzene rings is 1. The molecule has 0 radical (unpaired) electrons. The lowest BCUT2D eigenvalue weighted by Gasteiger charge is -2.27. The Morgan fingerprint density at radius 3 is 2.81 bits per heavy atom. The summed E-state index contributed by atoms with van der Waals surface area (Å²) in [5.74, 6) is 1.56. The second kappa shape index (κ2) is 9.33. The molecule has 1 heterocycles. The average molecular weight is 357 g/mol. The summed E-state index contributed by atoms with van der Waals surface area (Å²) in [7, 11) is 3.60. The normalized spacial score (nSPS) is 25.1. The van der Waals surface area contributed by atoms with Gasteiger partial charge in [0.15, 0.2) is 0 Å². The Morgan fingerprint density at radius 1 is 1.27 bits per heavy atom. The van der Waals surface area contributed by atoms with Gasteiger partial charge in [-0.1, -0.05) is 24.3 Å². The molecule has 3 rings (SSSR count). The molecule has 1 saturated heterocycles. The number of nitrogens with one attached hydrogen (secondary N) is 1. The molecule has 3 unspecified atom stereocenters. The van der Waals surface area contributed by atoms with E-state index in [0.717, 1.165) is 36.5 Å². The van der Waals surface area contributed by atoms with E-state index in [9.17, 15) is 4.79 Å². The van der Waals surface area contributed by atoms with Crippen LogP contribution in [0.3, 0.4) is 0 Å². The Morgan fingerprint density at radius 2 is 2.08 bits per heavy atom. The minimum Gasteiger partial charge on any atom is -0.466 e. The average Bonchev–Trinajstić information content (AvgIpc) is 2.99. The van der Waals surface area contributed by atoms with Gasteiger partial charge < -0.3 is 15.0 Å². The van der Waals surface area contributed by atoms with Crippen LogP contribution < -0.4 is 5.32 Å². The number of fused-ring (bicyclic) bond motifs is 2. The van der Waals surface area contributed by atoms with Gasteiger partial charge in [-0.2, -0.15) is 0 Å². The fourth-order valence-corrected chi connectivity index (χ4v) is 4.47. The van der Waals surface area contributed by atoms with E-state index in [1.807, 2.05) is 12.1 Å². The predicted molar refractivity (Wildman–Crippen MR) is 106 cm³/mol. The third kappa shape index (κ3) is 5.68. The van der Waals surface area contributed by atoms with Crippen LogP contribution in [0.4, 0.5) is 0 Å². The first-order valence-electron chi connectivity index (χ1n) is 9.89. The number of ether oxygens (including phenoxy) is 1. The Labute approximate surface area is 157 Å². The van der Waals surface area contributed by atoms with Gasteiger partial charge in [-0.15, -0.1) is 0 Å². The highest BCUT2D eigenvalue weighted by atomic mass is 16.5. The molecule has 26 heavy (non-hydrogen) atoms. The Bertz CT molecular complexity index is 599. The largest absolute Gasteiger partial charge is 0.466 e. The number of hydrogen-bond donors (Lipinski definition) is 1. The molecule has 0 aromatic heterocycles. The maximum atomic E-state index is 11.1. The van der Waals surface area contributed by atoms with Crippen LogP contribution in [-0.4, -0.2) is 44.2 Å². The molecule has 0 amide bonds. The number of esters is 1. The molecule has 1 aliphatic heterocycles. The van der Waals surface area contributed by atoms with Gasteiger partial charge in [0.05, 0.1) is 7.11 Å². The minimum atomic E-state index is -0.324. The van der Waals surface area contributed by atoms with Gasteiger partial charge in [0.2, 0.25) is 0 Å². The lowest BCUT2D eigenvalue weighted by molar-refractivity contribution is -0.134. The Balaban J connectivity index is 1.37. The number of nitrogens with zero attached hydrogens (tertiary/aromatic N) is 1. The van der Waals surface area contributed by atoms with Crippen LogP contribution in [0.25, 0.3) is 6.08 Å². The van der Waals surface area contributed by atoms with Crippen LogP contribution >= 0.6 is 0 Å². The highest BCUT2D eigenvalue weighted by Crippen LogP contribution is 2.35. The quantitative estimate of drug-likeness (QED) is 0.572. The summed E-state index contributed by atoms with van der Waals surface area (Å²) in [6.45, 7) is 3.38. The van der Waals surface area contributed by atoms with E-state index >= 15 is 0 Å². The van der Waals surface area contributed by atoms with Crippen LogP contribution in [0.5, 0.6) is 0 Å². The van der Waals surface area contributed by atoms with Crippen molar-refractivity contribution < 1.29 is 9.53 Å². The van der Waals surface area contributed by atoms with Crippen LogP contribution in [-0.2, 0) is 16.1 Å². The minimum absolute atomic E-state index is 0.324. The fourth-order valence-electron chi connectivity index (χ4n) is 4.47. The number of hydrogen-bond acceptors (Lipinski definition) is 4. The van der Waals surface area contributed by atoms with Crippen molar-refractivity contribution in [1.82, 2.24) is 10.2 Å². The summed E-state index contributed by atoms with van der Waals surface area (Å²) in [5, 5.41) is 3.66. The summed E-state index contributed by atoms with van der Waals surface area (Å²) in [5.41, 5.74) is 2.32. The zero-order valence-corrected chi connectivity index (χ0v) is 16.1. The summed E-state index contributed by atoms with van der Waals surface area (Å²) >= 11 is 0. The summed E-state index contributed by atoms with van der Waals surface area (Å²) in [6.07, 6.45) is 10.1. The molecule has 1 aliphatic carbocycles. The van der Waals surface area contributed by atoms with Crippen molar-refractivity contribution in [3.05, 3.63) is 41.5 Å². The van der Waals surface area contributed by atoms with Gasteiger partial charge >= 0.3 is 5.97 Å². The van der Waals surface area contributed by atoms with Crippen molar-refractivity contribution in [3.63, 3.8) is 0 Å². The molecule has 4 heteroatoms. The van der Waals surface area contributed by atoms with Gasteiger partial charge in [0.1, 0.15) is 0 Å². The SMILES string of the molecule is COC(=O)/C=C/c1ccc(CN(C)CCCC2CC3CNC(C2)C3)cc1. The topological polar surface area (TPSA) is 41.6 Å². The van der Waals surface area contributed by atoms with Crippen molar-refractivity contribution >= 4 is 12.0 Å². The van der Waals surface area contributed by atoms with E-state index < -0.39 is 0 Å². The third-order valence-corrected chi connectivity index (χ3v) is 5.80. The molecular weight excluding hydrogens is 324 g/mol. The van der Waals surface area contributed by atoms with Gasteiger partial charge in [0, 0.05) is 18.7 Å². The number of methoxy groups -OCH3 is 1. The molecule has 1 aromatic carbocycles. The van der Waals surface area contributed by atoms with E-state index in [2.05, 4.69) is 34.1 Å². The van der Waals surface area contributed by atoms with Crippen molar-refractivity contribution in [1.29, 1.82) is 0 Å². The first-order chi connectivity index (χ1) is 12.6. The molecule has 2 bridgehead atoms. The summed E-state index contributed by atoms with van der Waals surface area (Å²) < 4.78 is 4.61. The first-order valence-corrected chi connectivity index (χ1v) is 9.89. The van der Waals surface area contributed by atoms with E-state index in [-0.39, 0.29) is 5.97 Å². The number of rotatable bonds is 8. The predicted octanol–water partition coefficient (Wildman–Crippen LogP) is 3.47. The van der Waals surface area contributed by atoms with Gasteiger partial charge in [0.25, 0.3) is 0 Å². The molecule has 142 valence electrons. The lowest BCUT2D eigenvalue weighted by atomic mass is 9.80. The second-order valence-corrected chi connectivity index (χ2v) is 8.02. The number of carbonyl (C=O) groups excluding carboxylic acids is 1. The van der Waals surface area contributed by atoms with E-state index in [1.165, 1.54) is 57.4 Å². The van der Waals surface area contributed by atoms with Crippen molar-refractivity contribution in [3.8, 4) is 0 Å². The van der Waals surface area contributed by atoms with Crippen LogP contribution in [0, 0.1) is 11.8 Å². The molecule has 3 atom stereocenters. The molecule has 0 spiro atoms. The smallest absolute Gasteiger partial charge is 0.330 e. The molecular formula is C22H32N2O2. The molecule has 2 aliphatic rings. The van der Waals surface area contributed by atoms with Gasteiger partial charge in [-0.3, -0.25) is 0 Å². The van der Waals surface area contributed by atoms with Gasteiger partial charge in [-0.05, 0) is 81.3 Å². The highest BCUT2D eigenvalue weighted by Gasteiger charge is 2.33. The highest BCUT2D eigenvalue weighted by molar-refractivity contribution is 5.86. The molecule has 1 aromatic rings. The lowest BCUT2D eigenvalue weighted by Crippen LogP contribution is -2.26. The van der Waals surface area contributed by atoms with Crippen molar-refractivity contribution in [2.24, 2.45) is 11.8 Å². The van der Waals surface area contributed by atoms with Gasteiger partial charge in [-0.25, -0.2) is 4.79 Å². The maximum Gasteiger partial charge on any atom is 0.330 e. The van der Waals surface area contributed by atoms with Crippen molar-refractivity contribution in [2.45, 2.75) is 44.7 Å². The van der Waals surface area contributed by atoms with E-state index in [0.29, 0.717) is 0 Å². The standard InChI is InChI=1S/C22H32N2O2/c1-24(11-3-4-19-12-20-14-21(13-19)23-15-20)16-18-7-5-17(6-8-18)9-10-22(25)26-2/h5-10,19-21,23H,3-4,11-16H2,1-2H3/b10-9+. The molecule has 4 nitrogen and oxygen atoms in total. The zero-order valence-electron chi connectivity index (χ0n) is 16.1. The first kappa shape index (κ1) is 19.1. The monoisotopic (exact) mass is 356 g/mol. The summed E-state index contributed by atoms with van der Waals surface area (Å²) in [6, 6.07) is 9.18. The van der Waals surface area contributed by atoms with Crippen LogP contribution in [0.2, 0.25) is 0 Å². The molecule has 1 saturated carbocycles. The number of carbonyl (C=O) groups is 1. The zero-order chi connectivity index (χ0) is 18.4. The van der Waals surface area contributed by atoms with Crippen LogP contribution in [0.15, 0.2) is 30.3 Å². The van der Waals surface area contributed by atoms with E-state index in [1.54, 1.807) is 6.08 Å². The fraction of sp³-hybridized carbons (Fsp3) is 0.591.